The summed E-state index contributed by atoms with van der Waals surface area (Å²) in [6.07, 6.45) is 0.122. The van der Waals surface area contributed by atoms with Gasteiger partial charge in [-0.05, 0) is 74.6 Å². The lowest BCUT2D eigenvalue weighted by molar-refractivity contribution is -0.138. The van der Waals surface area contributed by atoms with Gasteiger partial charge in [0.2, 0.25) is 0 Å². The lowest BCUT2D eigenvalue weighted by atomic mass is 10.0. The molecule has 1 fully saturated rings. The highest BCUT2D eigenvalue weighted by molar-refractivity contribution is 5.98. The van der Waals surface area contributed by atoms with Gasteiger partial charge in [0.15, 0.2) is 0 Å². The van der Waals surface area contributed by atoms with Crippen LogP contribution in [0.15, 0.2) is 66.9 Å². The van der Waals surface area contributed by atoms with E-state index >= 15 is 0 Å². The van der Waals surface area contributed by atoms with Gasteiger partial charge in [-0.3, -0.25) is 14.6 Å². The van der Waals surface area contributed by atoms with Crippen molar-refractivity contribution in [3.63, 3.8) is 0 Å². The van der Waals surface area contributed by atoms with Gasteiger partial charge in [-0.2, -0.15) is 13.2 Å². The van der Waals surface area contributed by atoms with Crippen molar-refractivity contribution >= 4 is 22.9 Å². The SMILES string of the molecule is O=C(O)CCCCc1nc2cc(C(=O)NC3(c4ccccn4)CC3)ccc2nc1-c1ccc(C(F)(F)F)cc1. The number of carbonyl (C=O) groups is 2. The van der Waals surface area contributed by atoms with E-state index in [0.717, 1.165) is 30.7 Å². The number of amides is 1. The number of benzene rings is 2. The molecule has 1 saturated carbocycles. The van der Waals surface area contributed by atoms with Gasteiger partial charge >= 0.3 is 12.1 Å². The standard InChI is InChI=1S/C29H25F3N4O3/c30-29(31,32)20-11-8-18(9-12-20)26-22(5-1-2-7-25(37)38)34-23-17-19(10-13-21(23)35-26)27(39)36-28(14-15-28)24-6-3-4-16-33-24/h3-4,6,8-13,16-17H,1-2,5,7,14-15H2,(H,36,39)(H,37,38). The number of aliphatic carboxylic acids is 1. The number of aryl methyl sites for hydroxylation is 1. The minimum Gasteiger partial charge on any atom is -0.481 e. The second kappa shape index (κ2) is 10.4. The first-order valence-electron chi connectivity index (χ1n) is 12.6. The molecule has 2 heterocycles. The monoisotopic (exact) mass is 534 g/mol. The molecule has 2 N–H and O–H groups in total. The molecule has 0 saturated heterocycles. The maximum atomic E-state index is 13.1. The second-order valence-corrected chi connectivity index (χ2v) is 9.65. The van der Waals surface area contributed by atoms with E-state index in [-0.39, 0.29) is 12.3 Å². The van der Waals surface area contributed by atoms with Crippen molar-refractivity contribution in [2.24, 2.45) is 0 Å². The van der Waals surface area contributed by atoms with E-state index in [2.05, 4.69) is 15.3 Å². The highest BCUT2D eigenvalue weighted by Crippen LogP contribution is 2.44. The van der Waals surface area contributed by atoms with Crippen molar-refractivity contribution in [1.29, 1.82) is 0 Å². The molecule has 0 bridgehead atoms. The Balaban J connectivity index is 1.45. The van der Waals surface area contributed by atoms with Crippen LogP contribution in [0, 0.1) is 0 Å². The fraction of sp³-hybridized carbons (Fsp3) is 0.276. The summed E-state index contributed by atoms with van der Waals surface area (Å²) in [4.78, 5) is 37.9. The maximum absolute atomic E-state index is 13.1. The molecule has 1 amide bonds. The van der Waals surface area contributed by atoms with Crippen LogP contribution in [0.1, 0.15) is 59.4 Å². The summed E-state index contributed by atoms with van der Waals surface area (Å²) < 4.78 is 39.2. The zero-order chi connectivity index (χ0) is 27.6. The van der Waals surface area contributed by atoms with Gasteiger partial charge in [-0.15, -0.1) is 0 Å². The topological polar surface area (TPSA) is 105 Å². The molecule has 1 aliphatic rings. The van der Waals surface area contributed by atoms with Gasteiger partial charge in [0.05, 0.1) is 39.2 Å². The quantitative estimate of drug-likeness (QED) is 0.258. The number of nitrogens with one attached hydrogen (secondary N) is 1. The first-order valence-corrected chi connectivity index (χ1v) is 12.6. The van der Waals surface area contributed by atoms with Crippen LogP contribution in [0.25, 0.3) is 22.3 Å². The third-order valence-electron chi connectivity index (χ3n) is 6.80. The van der Waals surface area contributed by atoms with Crippen LogP contribution in [0.3, 0.4) is 0 Å². The van der Waals surface area contributed by atoms with E-state index in [4.69, 9.17) is 10.1 Å². The Morgan fingerprint density at radius 1 is 0.949 bits per heavy atom. The molecule has 5 rings (SSSR count). The predicted octanol–water partition coefficient (Wildman–Crippen LogP) is 5.93. The first kappa shape index (κ1) is 26.3. The van der Waals surface area contributed by atoms with E-state index in [0.29, 0.717) is 52.8 Å². The third kappa shape index (κ3) is 5.89. The van der Waals surface area contributed by atoms with Crippen molar-refractivity contribution in [1.82, 2.24) is 20.3 Å². The largest absolute Gasteiger partial charge is 0.481 e. The third-order valence-corrected chi connectivity index (χ3v) is 6.80. The van der Waals surface area contributed by atoms with E-state index in [1.807, 2.05) is 18.2 Å². The smallest absolute Gasteiger partial charge is 0.416 e. The molecular formula is C29H25F3N4O3. The fourth-order valence-electron chi connectivity index (χ4n) is 4.53. The Bertz CT molecular complexity index is 1520. The van der Waals surface area contributed by atoms with Gasteiger partial charge in [0, 0.05) is 23.7 Å². The Labute approximate surface area is 222 Å². The molecule has 2 aromatic carbocycles. The molecule has 200 valence electrons. The van der Waals surface area contributed by atoms with Gasteiger partial charge in [0.25, 0.3) is 5.91 Å². The number of fused-ring (bicyclic) bond motifs is 1. The Kier molecular flexibility index (Phi) is 7.03. The normalized spacial score (nSPS) is 14.2. The number of carbonyl (C=O) groups excluding carboxylic acids is 1. The van der Waals surface area contributed by atoms with E-state index < -0.39 is 23.2 Å². The van der Waals surface area contributed by atoms with Crippen molar-refractivity contribution in [3.05, 3.63) is 89.4 Å². The Hall–Kier alpha value is -4.34. The summed E-state index contributed by atoms with van der Waals surface area (Å²) >= 11 is 0. The molecule has 0 atom stereocenters. The van der Waals surface area contributed by atoms with Crippen molar-refractivity contribution in [2.75, 3.05) is 0 Å². The predicted molar refractivity (Wildman–Crippen MR) is 138 cm³/mol. The molecule has 7 nitrogen and oxygen atoms in total. The number of nitrogens with zero attached hydrogens (tertiary/aromatic N) is 3. The number of unbranched alkanes of at least 4 members (excludes halogenated alkanes) is 1. The van der Waals surface area contributed by atoms with Crippen LogP contribution < -0.4 is 5.32 Å². The minimum absolute atomic E-state index is 0.00103. The van der Waals surface area contributed by atoms with Gasteiger partial charge in [-0.1, -0.05) is 18.2 Å². The van der Waals surface area contributed by atoms with Crippen molar-refractivity contribution in [2.45, 2.75) is 50.2 Å². The number of hydrogen-bond donors (Lipinski definition) is 2. The minimum atomic E-state index is -4.46. The van der Waals surface area contributed by atoms with Crippen LogP contribution in [0.2, 0.25) is 0 Å². The van der Waals surface area contributed by atoms with Gasteiger partial charge in [-0.25, -0.2) is 9.97 Å². The number of carboxylic acids is 1. The molecule has 39 heavy (non-hydrogen) atoms. The van der Waals surface area contributed by atoms with E-state index in [9.17, 15) is 22.8 Å². The highest BCUT2D eigenvalue weighted by Gasteiger charge is 2.47. The summed E-state index contributed by atoms with van der Waals surface area (Å²) in [7, 11) is 0. The average Bonchev–Trinajstić information content (AvgIpc) is 3.71. The summed E-state index contributed by atoms with van der Waals surface area (Å²) in [5.41, 5.74) is 2.34. The zero-order valence-electron chi connectivity index (χ0n) is 20.8. The summed E-state index contributed by atoms with van der Waals surface area (Å²) in [6.45, 7) is 0. The van der Waals surface area contributed by atoms with E-state index in [1.54, 1.807) is 24.4 Å². The average molecular weight is 535 g/mol. The Morgan fingerprint density at radius 3 is 2.36 bits per heavy atom. The fourth-order valence-corrected chi connectivity index (χ4v) is 4.53. The molecule has 0 unspecified atom stereocenters. The zero-order valence-corrected chi connectivity index (χ0v) is 20.8. The summed E-state index contributed by atoms with van der Waals surface area (Å²) in [5, 5.41) is 12.0. The second-order valence-electron chi connectivity index (χ2n) is 9.65. The maximum Gasteiger partial charge on any atom is 0.416 e. The molecule has 0 spiro atoms. The number of halogens is 3. The number of aromatic nitrogens is 3. The lowest BCUT2D eigenvalue weighted by Crippen LogP contribution is -2.35. The van der Waals surface area contributed by atoms with Crippen LogP contribution in [0.5, 0.6) is 0 Å². The molecule has 1 aliphatic carbocycles. The van der Waals surface area contributed by atoms with Crippen LogP contribution in [-0.2, 0) is 22.9 Å². The van der Waals surface area contributed by atoms with Crippen molar-refractivity contribution < 1.29 is 27.9 Å². The highest BCUT2D eigenvalue weighted by atomic mass is 19.4. The lowest BCUT2D eigenvalue weighted by Gasteiger charge is -2.17. The van der Waals surface area contributed by atoms with Crippen molar-refractivity contribution in [3.8, 4) is 11.3 Å². The van der Waals surface area contributed by atoms with Crippen LogP contribution in [0.4, 0.5) is 13.2 Å². The molecule has 10 heteroatoms. The van der Waals surface area contributed by atoms with E-state index in [1.165, 1.54) is 12.1 Å². The molecule has 0 radical (unpaired) electrons. The Morgan fingerprint density at radius 2 is 1.72 bits per heavy atom. The number of pyridine rings is 1. The van der Waals surface area contributed by atoms with Gasteiger partial charge < -0.3 is 10.4 Å². The number of rotatable bonds is 9. The van der Waals surface area contributed by atoms with Crippen LogP contribution in [-0.4, -0.2) is 31.9 Å². The summed E-state index contributed by atoms with van der Waals surface area (Å²) in [5.74, 6) is -1.17. The van der Waals surface area contributed by atoms with Gasteiger partial charge in [0.1, 0.15) is 0 Å². The summed E-state index contributed by atoms with van der Waals surface area (Å²) in [6, 6.07) is 15.2. The number of hydrogen-bond acceptors (Lipinski definition) is 5. The first-order chi connectivity index (χ1) is 18.6. The van der Waals surface area contributed by atoms with Crippen LogP contribution >= 0.6 is 0 Å². The molecule has 2 aromatic heterocycles. The number of alkyl halides is 3. The molecule has 4 aromatic rings. The molecular weight excluding hydrogens is 509 g/mol. The number of carboxylic acid groups (broad SMARTS) is 1. The molecule has 0 aliphatic heterocycles.